The molecule has 7 aromatic rings. The van der Waals surface area contributed by atoms with Crippen molar-refractivity contribution in [2.45, 2.75) is 0 Å². The largest absolute Gasteiger partial charge is 0.0622 e. The minimum Gasteiger partial charge on any atom is -0.0622 e. The molecule has 7 aromatic carbocycles. The van der Waals surface area contributed by atoms with Crippen LogP contribution >= 0.6 is 0 Å². The third-order valence-corrected chi connectivity index (χ3v) is 7.47. The van der Waals surface area contributed by atoms with E-state index in [1.807, 2.05) is 0 Å². The van der Waals surface area contributed by atoms with E-state index in [9.17, 15) is 0 Å². The zero-order chi connectivity index (χ0) is 25.3. The molecule has 0 radical (unpaired) electrons. The molecule has 7 rings (SSSR count). The van der Waals surface area contributed by atoms with Crippen LogP contribution in [0.25, 0.3) is 66.1 Å². The molecular formula is C38H26. The molecule has 0 aliphatic rings. The molecule has 0 aliphatic heterocycles. The van der Waals surface area contributed by atoms with Gasteiger partial charge in [-0.1, -0.05) is 152 Å². The van der Waals surface area contributed by atoms with Crippen LogP contribution in [-0.4, -0.2) is 0 Å². The van der Waals surface area contributed by atoms with E-state index < -0.39 is 0 Å². The summed E-state index contributed by atoms with van der Waals surface area (Å²) in [5.41, 5.74) is 9.99. The predicted octanol–water partition coefficient (Wildman–Crippen LogP) is 10.7. The first-order valence-electron chi connectivity index (χ1n) is 13.1. The van der Waals surface area contributed by atoms with Gasteiger partial charge in [0.1, 0.15) is 0 Å². The zero-order valence-corrected chi connectivity index (χ0v) is 21.0. The SMILES string of the molecule is c1ccc(-c2ccc(-c3ccccc3)c(-c3c4ccccc4c(-c4ccccc4)c4ccccc34)c2)cc1. The molecule has 0 saturated carbocycles. The van der Waals surface area contributed by atoms with Crippen LogP contribution in [0.1, 0.15) is 0 Å². The van der Waals surface area contributed by atoms with Crippen LogP contribution in [0.2, 0.25) is 0 Å². The Morgan fingerprint density at radius 3 is 1.18 bits per heavy atom. The van der Waals surface area contributed by atoms with Crippen molar-refractivity contribution in [1.29, 1.82) is 0 Å². The summed E-state index contributed by atoms with van der Waals surface area (Å²) in [4.78, 5) is 0. The first kappa shape index (κ1) is 22.3. The van der Waals surface area contributed by atoms with Crippen molar-refractivity contribution in [2.75, 3.05) is 0 Å². The van der Waals surface area contributed by atoms with E-state index in [4.69, 9.17) is 0 Å². The Labute approximate surface area is 223 Å². The third-order valence-electron chi connectivity index (χ3n) is 7.47. The maximum Gasteiger partial charge on any atom is -0.00199 e. The molecule has 0 N–H and O–H groups in total. The lowest BCUT2D eigenvalue weighted by atomic mass is 9.83. The maximum absolute atomic E-state index is 2.38. The van der Waals surface area contributed by atoms with E-state index >= 15 is 0 Å². The molecule has 0 atom stereocenters. The highest BCUT2D eigenvalue weighted by molar-refractivity contribution is 6.22. The van der Waals surface area contributed by atoms with Gasteiger partial charge >= 0.3 is 0 Å². The molecule has 178 valence electrons. The van der Waals surface area contributed by atoms with Gasteiger partial charge in [0.2, 0.25) is 0 Å². The molecule has 0 heteroatoms. The second kappa shape index (κ2) is 9.50. The van der Waals surface area contributed by atoms with Crippen molar-refractivity contribution in [1.82, 2.24) is 0 Å². The van der Waals surface area contributed by atoms with Gasteiger partial charge in [0.05, 0.1) is 0 Å². The minimum absolute atomic E-state index is 1.22. The van der Waals surface area contributed by atoms with E-state index in [1.54, 1.807) is 0 Å². The van der Waals surface area contributed by atoms with Crippen LogP contribution in [0.5, 0.6) is 0 Å². The number of hydrogen-bond acceptors (Lipinski definition) is 0. The summed E-state index contributed by atoms with van der Waals surface area (Å²) < 4.78 is 0. The van der Waals surface area contributed by atoms with E-state index in [0.29, 0.717) is 0 Å². The molecule has 0 aliphatic carbocycles. The average molecular weight is 483 g/mol. The Morgan fingerprint density at radius 1 is 0.237 bits per heavy atom. The molecule has 0 spiro atoms. The van der Waals surface area contributed by atoms with Crippen molar-refractivity contribution in [2.24, 2.45) is 0 Å². The van der Waals surface area contributed by atoms with Gasteiger partial charge in [0.25, 0.3) is 0 Å². The van der Waals surface area contributed by atoms with Crippen LogP contribution in [0.3, 0.4) is 0 Å². The number of benzene rings is 7. The van der Waals surface area contributed by atoms with Crippen molar-refractivity contribution in [3.63, 3.8) is 0 Å². The summed E-state index contributed by atoms with van der Waals surface area (Å²) in [6.45, 7) is 0. The Hall–Kier alpha value is -4.94. The fourth-order valence-corrected chi connectivity index (χ4v) is 5.77. The topological polar surface area (TPSA) is 0 Å². The first-order valence-corrected chi connectivity index (χ1v) is 13.1. The third kappa shape index (κ3) is 3.79. The van der Waals surface area contributed by atoms with E-state index in [-0.39, 0.29) is 0 Å². The van der Waals surface area contributed by atoms with Gasteiger partial charge in [-0.2, -0.15) is 0 Å². The Bertz CT molecular complexity index is 1830. The standard InChI is InChI=1S/C38H26/c1-4-14-27(15-5-1)30-24-25-31(28-16-6-2-7-17-28)36(26-30)38-34-22-12-10-20-32(34)37(29-18-8-3-9-19-29)33-21-11-13-23-35(33)38/h1-26H. The lowest BCUT2D eigenvalue weighted by molar-refractivity contribution is 1.58. The van der Waals surface area contributed by atoms with E-state index in [1.165, 1.54) is 66.1 Å². The van der Waals surface area contributed by atoms with Gasteiger partial charge in [0.15, 0.2) is 0 Å². The fraction of sp³-hybridized carbons (Fsp3) is 0. The quantitative estimate of drug-likeness (QED) is 0.219. The predicted molar refractivity (Wildman–Crippen MR) is 163 cm³/mol. The highest BCUT2D eigenvalue weighted by Gasteiger charge is 2.19. The van der Waals surface area contributed by atoms with Crippen LogP contribution in [-0.2, 0) is 0 Å². The van der Waals surface area contributed by atoms with Gasteiger partial charge in [-0.05, 0) is 72.1 Å². The summed E-state index contributed by atoms with van der Waals surface area (Å²) in [5.74, 6) is 0. The monoisotopic (exact) mass is 482 g/mol. The Kier molecular flexibility index (Phi) is 5.57. The van der Waals surface area contributed by atoms with E-state index in [0.717, 1.165) is 0 Å². The van der Waals surface area contributed by atoms with Gasteiger partial charge in [-0.3, -0.25) is 0 Å². The molecule has 0 aromatic heterocycles. The molecule has 0 amide bonds. The van der Waals surface area contributed by atoms with Gasteiger partial charge in [0, 0.05) is 0 Å². The molecule has 0 bridgehead atoms. The summed E-state index contributed by atoms with van der Waals surface area (Å²) in [5, 5.41) is 5.09. The molecule has 0 saturated heterocycles. The van der Waals surface area contributed by atoms with Crippen molar-refractivity contribution in [3.8, 4) is 44.5 Å². The van der Waals surface area contributed by atoms with Gasteiger partial charge in [-0.15, -0.1) is 0 Å². The Morgan fingerprint density at radius 2 is 0.658 bits per heavy atom. The molecule has 0 unspecified atom stereocenters. The van der Waals surface area contributed by atoms with Crippen molar-refractivity contribution in [3.05, 3.63) is 158 Å². The molecule has 0 nitrogen and oxygen atoms in total. The van der Waals surface area contributed by atoms with E-state index in [2.05, 4.69) is 158 Å². The summed E-state index contributed by atoms with van der Waals surface area (Å²) >= 11 is 0. The van der Waals surface area contributed by atoms with Gasteiger partial charge < -0.3 is 0 Å². The van der Waals surface area contributed by atoms with Gasteiger partial charge in [-0.25, -0.2) is 0 Å². The lowest BCUT2D eigenvalue weighted by Gasteiger charge is -2.20. The smallest absolute Gasteiger partial charge is 0.00199 e. The van der Waals surface area contributed by atoms with Crippen molar-refractivity contribution < 1.29 is 0 Å². The van der Waals surface area contributed by atoms with Crippen LogP contribution in [0.15, 0.2) is 158 Å². The molecular weight excluding hydrogens is 456 g/mol. The number of rotatable bonds is 4. The highest BCUT2D eigenvalue weighted by atomic mass is 14.2. The van der Waals surface area contributed by atoms with Crippen LogP contribution in [0.4, 0.5) is 0 Å². The maximum atomic E-state index is 2.38. The normalized spacial score (nSPS) is 11.2. The molecule has 38 heavy (non-hydrogen) atoms. The molecule has 0 fully saturated rings. The number of hydrogen-bond donors (Lipinski definition) is 0. The highest BCUT2D eigenvalue weighted by Crippen LogP contribution is 2.46. The second-order valence-electron chi connectivity index (χ2n) is 9.70. The Balaban J connectivity index is 1.63. The minimum atomic E-state index is 1.22. The summed E-state index contributed by atoms with van der Waals surface area (Å²) in [6.07, 6.45) is 0. The second-order valence-corrected chi connectivity index (χ2v) is 9.70. The lowest BCUT2D eigenvalue weighted by Crippen LogP contribution is -1.93. The molecule has 0 heterocycles. The van der Waals surface area contributed by atoms with Crippen LogP contribution in [0, 0.1) is 0 Å². The van der Waals surface area contributed by atoms with Crippen LogP contribution < -0.4 is 0 Å². The fourth-order valence-electron chi connectivity index (χ4n) is 5.77. The number of fused-ring (bicyclic) bond motifs is 2. The summed E-state index contributed by atoms with van der Waals surface area (Å²) in [6, 6.07) is 56.9. The van der Waals surface area contributed by atoms with Crippen molar-refractivity contribution >= 4 is 21.5 Å². The summed E-state index contributed by atoms with van der Waals surface area (Å²) in [7, 11) is 0. The zero-order valence-electron chi connectivity index (χ0n) is 21.0. The average Bonchev–Trinajstić information content (AvgIpc) is 3.01. The first-order chi connectivity index (χ1) is 18.9.